The fourth-order valence-corrected chi connectivity index (χ4v) is 3.17. The van der Waals surface area contributed by atoms with E-state index >= 15 is 0 Å². The predicted molar refractivity (Wildman–Crippen MR) is 96.6 cm³/mol. The van der Waals surface area contributed by atoms with Crippen LogP contribution < -0.4 is 5.32 Å². The van der Waals surface area contributed by atoms with E-state index in [1.807, 2.05) is 67.6 Å². The first-order chi connectivity index (χ1) is 11.3. The average Bonchev–Trinajstić information content (AvgIpc) is 2.55. The fourth-order valence-electron chi connectivity index (χ4n) is 2.71. The van der Waals surface area contributed by atoms with Crippen molar-refractivity contribution in [1.29, 1.82) is 0 Å². The molecule has 0 saturated heterocycles. The molecular formula is C19H23NO3S. The van der Waals surface area contributed by atoms with Gasteiger partial charge in [0.15, 0.2) is 9.84 Å². The van der Waals surface area contributed by atoms with Crippen molar-refractivity contribution in [1.82, 2.24) is 5.32 Å². The van der Waals surface area contributed by atoms with Gasteiger partial charge in [-0.2, -0.15) is 0 Å². The van der Waals surface area contributed by atoms with Crippen molar-refractivity contribution in [2.24, 2.45) is 0 Å². The van der Waals surface area contributed by atoms with Crippen LogP contribution in [-0.4, -0.2) is 31.9 Å². The fraction of sp³-hybridized carbons (Fsp3) is 0.316. The third-order valence-electron chi connectivity index (χ3n) is 4.20. The molecule has 0 aliphatic carbocycles. The number of rotatable bonds is 6. The van der Waals surface area contributed by atoms with E-state index in [0.717, 1.165) is 17.4 Å². The third-order valence-corrected chi connectivity index (χ3v) is 5.70. The quantitative estimate of drug-likeness (QED) is 0.875. The number of carbonyl (C=O) groups excluding carboxylic acids is 1. The molecule has 0 bridgehead atoms. The molecule has 0 heterocycles. The van der Waals surface area contributed by atoms with Crippen LogP contribution in [0.25, 0.3) is 0 Å². The van der Waals surface area contributed by atoms with Gasteiger partial charge in [-0.15, -0.1) is 0 Å². The Bertz CT molecular complexity index is 733. The molecular weight excluding hydrogens is 322 g/mol. The van der Waals surface area contributed by atoms with Gasteiger partial charge in [-0.25, -0.2) is 8.42 Å². The number of nitrogens with one attached hydrogen (secondary N) is 1. The summed E-state index contributed by atoms with van der Waals surface area (Å²) in [6.07, 6.45) is 1.08. The minimum absolute atomic E-state index is 0.0527. The lowest BCUT2D eigenvalue weighted by Crippen LogP contribution is -2.44. The van der Waals surface area contributed by atoms with Crippen LogP contribution in [0.5, 0.6) is 0 Å². The summed E-state index contributed by atoms with van der Waals surface area (Å²) < 4.78 is 23.2. The first-order valence-electron chi connectivity index (χ1n) is 7.90. The highest BCUT2D eigenvalue weighted by atomic mass is 32.2. The van der Waals surface area contributed by atoms with E-state index < -0.39 is 21.0 Å². The molecule has 2 aromatic carbocycles. The molecule has 0 saturated carbocycles. The Kier molecular flexibility index (Phi) is 5.78. The van der Waals surface area contributed by atoms with E-state index in [4.69, 9.17) is 0 Å². The van der Waals surface area contributed by atoms with Crippen LogP contribution in [0.2, 0.25) is 0 Å². The van der Waals surface area contributed by atoms with Gasteiger partial charge < -0.3 is 5.32 Å². The summed E-state index contributed by atoms with van der Waals surface area (Å²) in [5.41, 5.74) is 2.15. The van der Waals surface area contributed by atoms with E-state index in [9.17, 15) is 13.2 Å². The highest BCUT2D eigenvalue weighted by Gasteiger charge is 2.28. The normalized spacial score (nSPS) is 14.2. The number of benzene rings is 2. The van der Waals surface area contributed by atoms with Crippen LogP contribution in [0.1, 0.15) is 30.9 Å². The van der Waals surface area contributed by atoms with E-state index in [0.29, 0.717) is 0 Å². The van der Waals surface area contributed by atoms with Gasteiger partial charge in [-0.1, -0.05) is 60.7 Å². The lowest BCUT2D eigenvalue weighted by Gasteiger charge is -2.27. The number of sulfone groups is 1. The van der Waals surface area contributed by atoms with Crippen LogP contribution in [0.3, 0.4) is 0 Å². The van der Waals surface area contributed by atoms with Gasteiger partial charge in [-0.3, -0.25) is 4.79 Å². The molecule has 0 aliphatic rings. The van der Waals surface area contributed by atoms with E-state index in [-0.39, 0.29) is 12.0 Å². The summed E-state index contributed by atoms with van der Waals surface area (Å²) in [4.78, 5) is 12.3. The van der Waals surface area contributed by atoms with Crippen LogP contribution in [0, 0.1) is 0 Å². The second-order valence-corrected chi connectivity index (χ2v) is 8.43. The largest absolute Gasteiger partial charge is 0.352 e. The number of amides is 1. The molecule has 5 heteroatoms. The number of carbonyl (C=O) groups is 1. The summed E-state index contributed by atoms with van der Waals surface area (Å²) in [7, 11) is -3.41. The van der Waals surface area contributed by atoms with Gasteiger partial charge >= 0.3 is 0 Å². The molecule has 24 heavy (non-hydrogen) atoms. The maximum Gasteiger partial charge on any atom is 0.238 e. The smallest absolute Gasteiger partial charge is 0.238 e. The van der Waals surface area contributed by atoms with Crippen molar-refractivity contribution in [2.45, 2.75) is 31.1 Å². The predicted octanol–water partition coefficient (Wildman–Crippen LogP) is 2.76. The summed E-state index contributed by atoms with van der Waals surface area (Å²) in [5, 5.41) is 1.80. The first-order valence-corrected chi connectivity index (χ1v) is 9.85. The molecule has 0 spiro atoms. The van der Waals surface area contributed by atoms with Crippen LogP contribution in [-0.2, 0) is 14.6 Å². The molecule has 0 fully saturated rings. The van der Waals surface area contributed by atoms with Crippen LogP contribution in [0.15, 0.2) is 60.7 Å². The average molecular weight is 345 g/mol. The summed E-state index contributed by atoms with van der Waals surface area (Å²) in [6, 6.07) is 19.5. The van der Waals surface area contributed by atoms with E-state index in [1.165, 1.54) is 6.92 Å². The minimum Gasteiger partial charge on any atom is -0.352 e. The highest BCUT2D eigenvalue weighted by Crippen LogP contribution is 2.28. The van der Waals surface area contributed by atoms with E-state index in [1.54, 1.807) is 0 Å². The SMILES string of the molecule is C[C@@H](NC(=O)[C@H](C)S(C)(=O)=O)C(c1ccccc1)c1ccccc1. The molecule has 2 aromatic rings. The molecule has 2 atom stereocenters. The number of hydrogen-bond acceptors (Lipinski definition) is 3. The summed E-state index contributed by atoms with van der Waals surface area (Å²) >= 11 is 0. The Balaban J connectivity index is 2.30. The van der Waals surface area contributed by atoms with Crippen molar-refractivity contribution in [3.05, 3.63) is 71.8 Å². The summed E-state index contributed by atoms with van der Waals surface area (Å²) in [6.45, 7) is 3.31. The van der Waals surface area contributed by atoms with Crippen molar-refractivity contribution in [2.75, 3.05) is 6.26 Å². The number of hydrogen-bond donors (Lipinski definition) is 1. The maximum atomic E-state index is 12.3. The molecule has 4 nitrogen and oxygen atoms in total. The minimum atomic E-state index is -3.41. The molecule has 1 amide bonds. The molecule has 0 radical (unpaired) electrons. The van der Waals surface area contributed by atoms with Gasteiger partial charge in [0.25, 0.3) is 0 Å². The Morgan fingerprint density at radius 1 is 0.875 bits per heavy atom. The van der Waals surface area contributed by atoms with Gasteiger partial charge in [-0.05, 0) is 25.0 Å². The van der Waals surface area contributed by atoms with Gasteiger partial charge in [0.05, 0.1) is 0 Å². The Hall–Kier alpha value is -2.14. The molecule has 0 unspecified atom stereocenters. The Morgan fingerprint density at radius 2 is 1.29 bits per heavy atom. The van der Waals surface area contributed by atoms with E-state index in [2.05, 4.69) is 5.32 Å². The highest BCUT2D eigenvalue weighted by molar-refractivity contribution is 7.92. The molecule has 0 aromatic heterocycles. The molecule has 0 aliphatic heterocycles. The second-order valence-electron chi connectivity index (χ2n) is 6.07. The zero-order chi connectivity index (χ0) is 17.7. The summed E-state index contributed by atoms with van der Waals surface area (Å²) in [5.74, 6) is -0.523. The lowest BCUT2D eigenvalue weighted by atomic mass is 9.86. The van der Waals surface area contributed by atoms with Gasteiger partial charge in [0.1, 0.15) is 5.25 Å². The maximum absolute atomic E-state index is 12.3. The Morgan fingerprint density at radius 3 is 1.67 bits per heavy atom. The van der Waals surface area contributed by atoms with Crippen LogP contribution >= 0.6 is 0 Å². The zero-order valence-electron chi connectivity index (χ0n) is 14.1. The van der Waals surface area contributed by atoms with Crippen molar-refractivity contribution in [3.8, 4) is 0 Å². The monoisotopic (exact) mass is 345 g/mol. The van der Waals surface area contributed by atoms with Crippen LogP contribution in [0.4, 0.5) is 0 Å². The van der Waals surface area contributed by atoms with Crippen molar-refractivity contribution < 1.29 is 13.2 Å². The Labute approximate surface area is 143 Å². The lowest BCUT2D eigenvalue weighted by molar-refractivity contribution is -0.121. The molecule has 2 rings (SSSR count). The standard InChI is InChI=1S/C19H23NO3S/c1-14(20-19(21)15(2)24(3,22)23)18(16-10-6-4-7-11-16)17-12-8-5-9-13-17/h4-15,18H,1-3H3,(H,20,21)/t14-,15+/m1/s1. The van der Waals surface area contributed by atoms with Crippen molar-refractivity contribution in [3.63, 3.8) is 0 Å². The van der Waals surface area contributed by atoms with Gasteiger partial charge in [0.2, 0.25) is 5.91 Å². The molecule has 1 N–H and O–H groups in total. The topological polar surface area (TPSA) is 63.2 Å². The second kappa shape index (κ2) is 7.62. The third kappa shape index (κ3) is 4.45. The molecule has 128 valence electrons. The zero-order valence-corrected chi connectivity index (χ0v) is 15.0. The van der Waals surface area contributed by atoms with Gasteiger partial charge in [0, 0.05) is 18.2 Å². The van der Waals surface area contributed by atoms with Crippen molar-refractivity contribution >= 4 is 15.7 Å². The first kappa shape index (κ1) is 18.2.